The van der Waals surface area contributed by atoms with Gasteiger partial charge in [0, 0.05) is 27.6 Å². The van der Waals surface area contributed by atoms with Gasteiger partial charge in [0.15, 0.2) is 0 Å². The Kier molecular flexibility index (Phi) is 4.52. The van der Waals surface area contributed by atoms with Gasteiger partial charge in [-0.15, -0.1) is 0 Å². The van der Waals surface area contributed by atoms with Gasteiger partial charge in [0.2, 0.25) is 0 Å². The van der Waals surface area contributed by atoms with Gasteiger partial charge in [-0.1, -0.05) is 103 Å². The van der Waals surface area contributed by atoms with Gasteiger partial charge >= 0.3 is 0 Å². The predicted octanol–water partition coefficient (Wildman–Crippen LogP) is 8.21. The minimum absolute atomic E-state index is 0.0674. The van der Waals surface area contributed by atoms with Crippen LogP contribution < -0.4 is 5.32 Å². The summed E-state index contributed by atoms with van der Waals surface area (Å²) in [5, 5.41) is 5.91. The highest BCUT2D eigenvalue weighted by atomic mass is 16.3. The van der Waals surface area contributed by atoms with Crippen molar-refractivity contribution < 1.29 is 4.42 Å². The van der Waals surface area contributed by atoms with Gasteiger partial charge in [-0.05, 0) is 34.9 Å². The number of hydrogen-bond donors (Lipinski definition) is 1. The Morgan fingerprint density at radius 2 is 1.37 bits per heavy atom. The summed E-state index contributed by atoms with van der Waals surface area (Å²) in [5.74, 6) is 0.885. The normalized spacial score (nSPS) is 15.0. The molecule has 0 saturated heterocycles. The molecular weight excluding hydrogens is 428 g/mol. The average molecular weight is 451 g/mol. The maximum atomic E-state index is 6.14. The molecule has 1 aliphatic heterocycles. The van der Waals surface area contributed by atoms with E-state index in [-0.39, 0.29) is 6.04 Å². The number of rotatable bonds is 3. The molecule has 0 fully saturated rings. The smallest absolute Gasteiger partial charge is 0.136 e. The van der Waals surface area contributed by atoms with Gasteiger partial charge < -0.3 is 9.73 Å². The molecule has 1 unspecified atom stereocenters. The number of fused-ring (bicyclic) bond motifs is 4. The lowest BCUT2D eigenvalue weighted by Gasteiger charge is -2.26. The van der Waals surface area contributed by atoms with E-state index in [2.05, 4.69) is 84.2 Å². The Morgan fingerprint density at radius 1 is 0.629 bits per heavy atom. The Balaban J connectivity index is 1.41. The topological polar surface area (TPSA) is 37.5 Å². The van der Waals surface area contributed by atoms with Crippen molar-refractivity contribution >= 4 is 33.5 Å². The number of furan rings is 1. The molecule has 0 bridgehead atoms. The van der Waals surface area contributed by atoms with Crippen LogP contribution in [0.15, 0.2) is 131 Å². The van der Waals surface area contributed by atoms with E-state index in [9.17, 15) is 0 Å². The summed E-state index contributed by atoms with van der Waals surface area (Å²) in [7, 11) is 0. The van der Waals surface area contributed by atoms with Gasteiger partial charge in [0.05, 0.1) is 0 Å². The van der Waals surface area contributed by atoms with E-state index in [4.69, 9.17) is 9.41 Å². The van der Waals surface area contributed by atoms with Gasteiger partial charge in [-0.2, -0.15) is 0 Å². The number of benzene rings is 5. The molecule has 0 spiro atoms. The van der Waals surface area contributed by atoms with Crippen molar-refractivity contribution in [3.8, 4) is 11.1 Å². The number of nitrogens with one attached hydrogen (secondary N) is 1. The maximum absolute atomic E-state index is 6.14. The molecule has 0 amide bonds. The molecule has 0 radical (unpaired) electrons. The molecular formula is C32H22N2O. The third kappa shape index (κ3) is 3.32. The zero-order valence-electron chi connectivity index (χ0n) is 19.0. The van der Waals surface area contributed by atoms with E-state index in [1.807, 2.05) is 42.5 Å². The van der Waals surface area contributed by atoms with Crippen LogP contribution in [-0.4, -0.2) is 5.84 Å². The third-order valence-corrected chi connectivity index (χ3v) is 6.74. The Bertz CT molecular complexity index is 1720. The lowest BCUT2D eigenvalue weighted by Crippen LogP contribution is -2.22. The Hall–Kier alpha value is -4.63. The number of para-hydroxylation sites is 1. The Labute approximate surface area is 203 Å². The van der Waals surface area contributed by atoms with E-state index in [1.54, 1.807) is 0 Å². The summed E-state index contributed by atoms with van der Waals surface area (Å²) >= 11 is 0. The van der Waals surface area contributed by atoms with Crippen molar-refractivity contribution in [2.24, 2.45) is 4.99 Å². The highest BCUT2D eigenvalue weighted by molar-refractivity contribution is 6.13. The van der Waals surface area contributed by atoms with E-state index in [1.165, 1.54) is 11.1 Å². The lowest BCUT2D eigenvalue weighted by atomic mass is 9.92. The molecule has 166 valence electrons. The molecule has 3 heteroatoms. The second kappa shape index (κ2) is 8.00. The van der Waals surface area contributed by atoms with E-state index < -0.39 is 0 Å². The second-order valence-corrected chi connectivity index (χ2v) is 8.86. The molecule has 0 aliphatic carbocycles. The van der Waals surface area contributed by atoms with Crippen molar-refractivity contribution in [3.63, 3.8) is 0 Å². The monoisotopic (exact) mass is 450 g/mol. The van der Waals surface area contributed by atoms with Crippen molar-refractivity contribution in [1.82, 2.24) is 0 Å². The Morgan fingerprint density at radius 3 is 2.23 bits per heavy atom. The average Bonchev–Trinajstić information content (AvgIpc) is 3.32. The molecule has 7 rings (SSSR count). The fourth-order valence-corrected chi connectivity index (χ4v) is 5.08. The predicted molar refractivity (Wildman–Crippen MR) is 144 cm³/mol. The van der Waals surface area contributed by atoms with Crippen LogP contribution in [0.1, 0.15) is 22.7 Å². The first-order valence-corrected chi connectivity index (χ1v) is 11.8. The van der Waals surface area contributed by atoms with Crippen molar-refractivity contribution in [3.05, 3.63) is 138 Å². The molecule has 1 aliphatic rings. The molecule has 0 saturated carbocycles. The summed E-state index contributed by atoms with van der Waals surface area (Å²) in [4.78, 5) is 5.14. The minimum atomic E-state index is -0.0674. The van der Waals surface area contributed by atoms with Gasteiger partial charge in [0.25, 0.3) is 0 Å². The molecule has 35 heavy (non-hydrogen) atoms. The molecule has 1 aromatic heterocycles. The summed E-state index contributed by atoms with van der Waals surface area (Å²) in [5.41, 5.74) is 8.63. The summed E-state index contributed by atoms with van der Waals surface area (Å²) in [6, 6.07) is 42.0. The minimum Gasteiger partial charge on any atom is -0.456 e. The molecule has 5 aromatic carbocycles. The van der Waals surface area contributed by atoms with Crippen LogP contribution in [0.5, 0.6) is 0 Å². The van der Waals surface area contributed by atoms with Crippen LogP contribution >= 0.6 is 0 Å². The third-order valence-electron chi connectivity index (χ3n) is 6.74. The van der Waals surface area contributed by atoms with E-state index in [0.29, 0.717) is 0 Å². The first-order valence-electron chi connectivity index (χ1n) is 11.8. The first kappa shape index (κ1) is 19.8. The van der Waals surface area contributed by atoms with Crippen molar-refractivity contribution in [1.29, 1.82) is 0 Å². The molecule has 2 heterocycles. The number of nitrogens with zero attached hydrogens (tertiary/aromatic N) is 1. The standard InChI is InChI=1S/C32H22N2O/c1-3-10-21(11-4-1)31-25-19-18-23(20-27(25)33-32(34-31)22-12-5-2-6-13-22)24-15-9-17-29-30(24)26-14-7-8-16-28(26)35-29/h1-20,31H,(H,33,34). The van der Waals surface area contributed by atoms with Crippen molar-refractivity contribution in [2.75, 3.05) is 5.32 Å². The quantitative estimate of drug-likeness (QED) is 0.295. The molecule has 6 aromatic rings. The van der Waals surface area contributed by atoms with Gasteiger partial charge in [0.1, 0.15) is 23.0 Å². The fourth-order valence-electron chi connectivity index (χ4n) is 5.08. The number of aliphatic imine (C=N–C) groups is 1. The van der Waals surface area contributed by atoms with Crippen LogP contribution in [0.25, 0.3) is 33.1 Å². The van der Waals surface area contributed by atoms with E-state index in [0.717, 1.165) is 50.2 Å². The van der Waals surface area contributed by atoms with E-state index >= 15 is 0 Å². The lowest BCUT2D eigenvalue weighted by molar-refractivity contribution is 0.669. The number of anilines is 1. The number of hydrogen-bond acceptors (Lipinski definition) is 3. The van der Waals surface area contributed by atoms with Crippen LogP contribution in [0.3, 0.4) is 0 Å². The summed E-state index contributed by atoms with van der Waals surface area (Å²) < 4.78 is 6.14. The summed E-state index contributed by atoms with van der Waals surface area (Å²) in [6.07, 6.45) is 0. The molecule has 1 N–H and O–H groups in total. The highest BCUT2D eigenvalue weighted by Crippen LogP contribution is 2.41. The molecule has 1 atom stereocenters. The van der Waals surface area contributed by atoms with Crippen molar-refractivity contribution in [2.45, 2.75) is 6.04 Å². The summed E-state index contributed by atoms with van der Waals surface area (Å²) in [6.45, 7) is 0. The van der Waals surface area contributed by atoms with Crippen LogP contribution in [0, 0.1) is 0 Å². The number of amidine groups is 1. The second-order valence-electron chi connectivity index (χ2n) is 8.86. The SMILES string of the molecule is c1ccc(C2=NC(c3ccccc3)c3ccc(-c4cccc5oc6ccccc6c45)cc3N2)cc1. The van der Waals surface area contributed by atoms with Gasteiger partial charge in [-0.3, -0.25) is 4.99 Å². The zero-order valence-corrected chi connectivity index (χ0v) is 19.0. The fraction of sp³-hybridized carbons (Fsp3) is 0.0312. The van der Waals surface area contributed by atoms with Crippen LogP contribution in [0.4, 0.5) is 5.69 Å². The van der Waals surface area contributed by atoms with Crippen LogP contribution in [-0.2, 0) is 0 Å². The molecule has 3 nitrogen and oxygen atoms in total. The first-order chi connectivity index (χ1) is 17.3. The zero-order chi connectivity index (χ0) is 23.2. The largest absolute Gasteiger partial charge is 0.456 e. The highest BCUT2D eigenvalue weighted by Gasteiger charge is 2.24. The van der Waals surface area contributed by atoms with Gasteiger partial charge in [-0.25, -0.2) is 0 Å². The van der Waals surface area contributed by atoms with Crippen LogP contribution in [0.2, 0.25) is 0 Å². The maximum Gasteiger partial charge on any atom is 0.136 e.